The van der Waals surface area contributed by atoms with Crippen LogP contribution in [0.1, 0.15) is 12.5 Å². The van der Waals surface area contributed by atoms with E-state index >= 15 is 0 Å². The summed E-state index contributed by atoms with van der Waals surface area (Å²) in [6.45, 7) is 1.08. The largest absolute Gasteiger partial charge is 0.481 e. The van der Waals surface area contributed by atoms with Crippen LogP contribution in [-0.4, -0.2) is 22.1 Å². The van der Waals surface area contributed by atoms with E-state index in [1.54, 1.807) is 24.3 Å². The number of hydrogen-bond donors (Lipinski definition) is 5. The highest BCUT2D eigenvalue weighted by molar-refractivity contribution is 5.73. The number of guanidine groups is 1. The van der Waals surface area contributed by atoms with E-state index in [0.717, 1.165) is 12.5 Å². The number of hydroxylamine groups is 1. The van der Waals surface area contributed by atoms with E-state index in [0.29, 0.717) is 5.75 Å². The Labute approximate surface area is 98.3 Å². The molecule has 1 aromatic rings. The lowest BCUT2D eigenvalue weighted by atomic mass is 10.2. The van der Waals surface area contributed by atoms with Gasteiger partial charge in [0.1, 0.15) is 0 Å². The molecular formula is C10H15N3O4. The van der Waals surface area contributed by atoms with Crippen LogP contribution in [0.5, 0.6) is 5.75 Å². The van der Waals surface area contributed by atoms with Gasteiger partial charge in [0.2, 0.25) is 5.96 Å². The number of aliphatic hydroxyl groups excluding tert-OH is 1. The van der Waals surface area contributed by atoms with Crippen molar-refractivity contribution >= 4 is 11.9 Å². The number of aliphatic hydroxyl groups is 1. The van der Waals surface area contributed by atoms with Crippen molar-refractivity contribution in [1.82, 2.24) is 5.48 Å². The Balaban J connectivity index is 0.000000557. The molecule has 0 radical (unpaired) electrons. The Morgan fingerprint density at radius 2 is 1.94 bits per heavy atom. The van der Waals surface area contributed by atoms with Crippen LogP contribution in [0.4, 0.5) is 0 Å². The minimum atomic E-state index is -0.833. The molecule has 1 rings (SSSR count). The highest BCUT2D eigenvalue weighted by Gasteiger charge is 1.94. The molecule has 0 saturated heterocycles. The van der Waals surface area contributed by atoms with Gasteiger partial charge in [-0.25, -0.2) is 0 Å². The molecule has 0 saturated carbocycles. The minimum absolute atomic E-state index is 0.000414. The van der Waals surface area contributed by atoms with E-state index in [1.165, 1.54) is 0 Å². The van der Waals surface area contributed by atoms with Crippen LogP contribution < -0.4 is 16.1 Å². The molecule has 0 aromatic heterocycles. The number of carboxylic acid groups (broad SMARTS) is 1. The molecule has 1 aromatic carbocycles. The number of rotatable bonds is 3. The molecule has 0 fully saturated rings. The van der Waals surface area contributed by atoms with Gasteiger partial charge < -0.3 is 20.8 Å². The third-order valence-corrected chi connectivity index (χ3v) is 1.38. The molecule has 7 heteroatoms. The summed E-state index contributed by atoms with van der Waals surface area (Å²) in [6, 6.07) is 6.78. The minimum Gasteiger partial charge on any atom is -0.481 e. The first-order valence-corrected chi connectivity index (χ1v) is 4.62. The molecule has 0 unspecified atom stereocenters. The molecule has 0 amide bonds. The lowest BCUT2D eigenvalue weighted by Gasteiger charge is -2.05. The van der Waals surface area contributed by atoms with Gasteiger partial charge in [-0.05, 0) is 17.7 Å². The number of benzene rings is 1. The van der Waals surface area contributed by atoms with Crippen LogP contribution in [0.15, 0.2) is 24.3 Å². The van der Waals surface area contributed by atoms with Crippen molar-refractivity contribution < 1.29 is 19.8 Å². The van der Waals surface area contributed by atoms with Gasteiger partial charge in [-0.2, -0.15) is 5.48 Å². The second-order valence-electron chi connectivity index (χ2n) is 2.94. The second kappa shape index (κ2) is 7.94. The number of hydrogen-bond acceptors (Lipinski definition) is 4. The van der Waals surface area contributed by atoms with E-state index < -0.39 is 5.97 Å². The topological polar surface area (TPSA) is 129 Å². The summed E-state index contributed by atoms with van der Waals surface area (Å²) < 4.78 is 0. The average molecular weight is 241 g/mol. The van der Waals surface area contributed by atoms with Gasteiger partial charge >= 0.3 is 0 Å². The molecule has 0 heterocycles. The number of nitrogens with one attached hydrogen (secondary N) is 2. The van der Waals surface area contributed by atoms with Crippen molar-refractivity contribution in [3.63, 3.8) is 0 Å². The summed E-state index contributed by atoms with van der Waals surface area (Å²) in [5.74, 6) is -0.557. The zero-order chi connectivity index (χ0) is 13.3. The first-order chi connectivity index (χ1) is 7.95. The fraction of sp³-hybridized carbons (Fsp3) is 0.200. The van der Waals surface area contributed by atoms with E-state index in [4.69, 9.17) is 31.0 Å². The first-order valence-electron chi connectivity index (χ1n) is 4.62. The molecule has 6 N–H and O–H groups in total. The predicted molar refractivity (Wildman–Crippen MR) is 61.4 cm³/mol. The highest BCUT2D eigenvalue weighted by atomic mass is 16.6. The molecule has 0 bridgehead atoms. The maximum Gasteiger partial charge on any atom is 0.300 e. The molecule has 7 nitrogen and oxygen atoms in total. The van der Waals surface area contributed by atoms with Gasteiger partial charge in [0.15, 0.2) is 5.75 Å². The van der Waals surface area contributed by atoms with Gasteiger partial charge in [0.25, 0.3) is 5.97 Å². The standard InChI is InChI=1S/C8H11N3O2.C2H4O2/c9-8(10)11-13-7-3-1-6(5-12)2-4-7;1-2(3)4/h1-4,12H,5H2,(H4,9,10,11);1H3,(H,3,4). The SMILES string of the molecule is CC(=O)O.N=C(N)NOc1ccc(CO)cc1. The maximum absolute atomic E-state index is 9.00. The van der Waals surface area contributed by atoms with Crippen molar-refractivity contribution in [2.45, 2.75) is 13.5 Å². The third kappa shape index (κ3) is 8.70. The van der Waals surface area contributed by atoms with Crippen LogP contribution in [-0.2, 0) is 11.4 Å². The highest BCUT2D eigenvalue weighted by Crippen LogP contribution is 2.10. The van der Waals surface area contributed by atoms with Crippen molar-refractivity contribution in [2.75, 3.05) is 0 Å². The summed E-state index contributed by atoms with van der Waals surface area (Å²) >= 11 is 0. The Morgan fingerprint density at radius 1 is 1.47 bits per heavy atom. The number of aliphatic carboxylic acids is 1. The third-order valence-electron chi connectivity index (χ3n) is 1.38. The lowest BCUT2D eigenvalue weighted by Crippen LogP contribution is -2.32. The molecule has 0 aliphatic heterocycles. The molecule has 94 valence electrons. The second-order valence-corrected chi connectivity index (χ2v) is 2.94. The predicted octanol–water partition coefficient (Wildman–Crippen LogP) is 0.0467. The Kier molecular flexibility index (Phi) is 6.88. The zero-order valence-electron chi connectivity index (χ0n) is 9.30. The monoisotopic (exact) mass is 241 g/mol. The van der Waals surface area contributed by atoms with Crippen LogP contribution >= 0.6 is 0 Å². The summed E-state index contributed by atoms with van der Waals surface area (Å²) in [6.07, 6.45) is 0. The van der Waals surface area contributed by atoms with Crippen molar-refractivity contribution in [3.8, 4) is 5.75 Å². The van der Waals surface area contributed by atoms with Crippen molar-refractivity contribution in [1.29, 1.82) is 5.41 Å². The fourth-order valence-electron chi connectivity index (χ4n) is 0.777. The molecular weight excluding hydrogens is 226 g/mol. The van der Waals surface area contributed by atoms with Crippen molar-refractivity contribution in [2.24, 2.45) is 5.73 Å². The summed E-state index contributed by atoms with van der Waals surface area (Å²) in [5, 5.41) is 23.0. The molecule has 0 spiro atoms. The van der Waals surface area contributed by atoms with E-state index in [2.05, 4.69) is 5.48 Å². The lowest BCUT2D eigenvalue weighted by molar-refractivity contribution is -0.134. The van der Waals surface area contributed by atoms with Gasteiger partial charge in [0.05, 0.1) is 6.61 Å². The summed E-state index contributed by atoms with van der Waals surface area (Å²) in [4.78, 5) is 13.9. The molecule has 17 heavy (non-hydrogen) atoms. The maximum atomic E-state index is 9.00. The first kappa shape index (κ1) is 14.7. The fourth-order valence-corrected chi connectivity index (χ4v) is 0.777. The van der Waals surface area contributed by atoms with E-state index in [1.807, 2.05) is 0 Å². The van der Waals surface area contributed by atoms with Crippen LogP contribution in [0.25, 0.3) is 0 Å². The summed E-state index contributed by atoms with van der Waals surface area (Å²) in [7, 11) is 0. The Bertz CT molecular complexity index is 360. The van der Waals surface area contributed by atoms with E-state index in [-0.39, 0.29) is 12.6 Å². The zero-order valence-corrected chi connectivity index (χ0v) is 9.30. The Morgan fingerprint density at radius 3 is 2.29 bits per heavy atom. The molecule has 0 atom stereocenters. The number of carbonyl (C=O) groups is 1. The van der Waals surface area contributed by atoms with E-state index in [9.17, 15) is 0 Å². The van der Waals surface area contributed by atoms with Crippen LogP contribution in [0.3, 0.4) is 0 Å². The van der Waals surface area contributed by atoms with Gasteiger partial charge in [-0.1, -0.05) is 12.1 Å². The smallest absolute Gasteiger partial charge is 0.300 e. The van der Waals surface area contributed by atoms with Gasteiger partial charge in [-0.3, -0.25) is 10.2 Å². The normalized spacial score (nSPS) is 8.59. The number of nitrogens with two attached hydrogens (primary N) is 1. The van der Waals surface area contributed by atoms with Gasteiger partial charge in [0, 0.05) is 6.92 Å². The number of carboxylic acids is 1. The Hall–Kier alpha value is -2.28. The quantitative estimate of drug-likeness (QED) is 0.289. The van der Waals surface area contributed by atoms with Crippen molar-refractivity contribution in [3.05, 3.63) is 29.8 Å². The average Bonchev–Trinajstić information content (AvgIpc) is 2.26. The van der Waals surface area contributed by atoms with Crippen LogP contribution in [0.2, 0.25) is 0 Å². The molecule has 0 aliphatic carbocycles. The van der Waals surface area contributed by atoms with Crippen LogP contribution in [0, 0.1) is 5.41 Å². The van der Waals surface area contributed by atoms with Gasteiger partial charge in [-0.15, -0.1) is 0 Å². The summed E-state index contributed by atoms with van der Waals surface area (Å²) in [5.41, 5.74) is 8.00. The molecule has 0 aliphatic rings.